The maximum atomic E-state index is 11.6. The van der Waals surface area contributed by atoms with Crippen LogP contribution in [-0.4, -0.2) is 19.1 Å². The third-order valence-electron chi connectivity index (χ3n) is 3.50. The maximum absolute atomic E-state index is 11.6. The van der Waals surface area contributed by atoms with E-state index in [2.05, 4.69) is 11.4 Å². The Morgan fingerprint density at radius 2 is 2.33 bits per heavy atom. The number of rotatable bonds is 4. The molecule has 0 saturated carbocycles. The van der Waals surface area contributed by atoms with E-state index >= 15 is 0 Å². The Labute approximate surface area is 109 Å². The highest BCUT2D eigenvalue weighted by molar-refractivity contribution is 5.76. The molecule has 2 rings (SSSR count). The zero-order valence-electron chi connectivity index (χ0n) is 11.2. The molecule has 98 valence electrons. The van der Waals surface area contributed by atoms with E-state index in [1.54, 1.807) is 7.11 Å². The highest BCUT2D eigenvalue weighted by Crippen LogP contribution is 2.29. The molecule has 0 fully saturated rings. The third kappa shape index (κ3) is 2.84. The van der Waals surface area contributed by atoms with E-state index in [0.717, 1.165) is 31.4 Å². The van der Waals surface area contributed by atoms with E-state index in [9.17, 15) is 4.79 Å². The standard InChI is InChI=1S/C15H21NO2/c1-3-5-15(17)16-12-9-8-11-6-4-7-14(18-2)13(11)10-12/h4,6-7,12H,3,5,8-10H2,1-2H3,(H,16,17)/t12-/m1/s1. The fourth-order valence-electron chi connectivity index (χ4n) is 2.60. The monoisotopic (exact) mass is 247 g/mol. The highest BCUT2D eigenvalue weighted by atomic mass is 16.5. The number of methoxy groups -OCH3 is 1. The Morgan fingerprint density at radius 1 is 1.50 bits per heavy atom. The Hall–Kier alpha value is -1.51. The summed E-state index contributed by atoms with van der Waals surface area (Å²) in [5.41, 5.74) is 2.61. The van der Waals surface area contributed by atoms with Crippen molar-refractivity contribution in [2.75, 3.05) is 7.11 Å². The van der Waals surface area contributed by atoms with Gasteiger partial charge in [-0.2, -0.15) is 0 Å². The number of aryl methyl sites for hydroxylation is 1. The van der Waals surface area contributed by atoms with E-state index in [1.807, 2.05) is 19.1 Å². The van der Waals surface area contributed by atoms with E-state index in [1.165, 1.54) is 11.1 Å². The van der Waals surface area contributed by atoms with Crippen LogP contribution in [0.25, 0.3) is 0 Å². The van der Waals surface area contributed by atoms with Crippen molar-refractivity contribution in [3.8, 4) is 5.75 Å². The molecule has 18 heavy (non-hydrogen) atoms. The largest absolute Gasteiger partial charge is 0.496 e. The van der Waals surface area contributed by atoms with Gasteiger partial charge in [-0.05, 0) is 42.9 Å². The van der Waals surface area contributed by atoms with Gasteiger partial charge in [0.15, 0.2) is 0 Å². The molecule has 1 aliphatic carbocycles. The molecule has 1 aromatic carbocycles. The van der Waals surface area contributed by atoms with Crippen LogP contribution in [0.15, 0.2) is 18.2 Å². The highest BCUT2D eigenvalue weighted by Gasteiger charge is 2.22. The topological polar surface area (TPSA) is 38.3 Å². The van der Waals surface area contributed by atoms with Crippen LogP contribution in [0.4, 0.5) is 0 Å². The summed E-state index contributed by atoms with van der Waals surface area (Å²) < 4.78 is 5.40. The summed E-state index contributed by atoms with van der Waals surface area (Å²) in [7, 11) is 1.70. The van der Waals surface area contributed by atoms with Crippen LogP contribution < -0.4 is 10.1 Å². The van der Waals surface area contributed by atoms with E-state index in [-0.39, 0.29) is 11.9 Å². The zero-order chi connectivity index (χ0) is 13.0. The summed E-state index contributed by atoms with van der Waals surface area (Å²) in [6.45, 7) is 2.03. The molecule has 0 bridgehead atoms. The molecule has 0 aromatic heterocycles. The first-order valence-electron chi connectivity index (χ1n) is 6.68. The quantitative estimate of drug-likeness (QED) is 0.887. The van der Waals surface area contributed by atoms with Gasteiger partial charge in [0.1, 0.15) is 5.75 Å². The number of carbonyl (C=O) groups is 1. The first-order valence-corrected chi connectivity index (χ1v) is 6.68. The number of benzene rings is 1. The van der Waals surface area contributed by atoms with Crippen molar-refractivity contribution in [2.24, 2.45) is 0 Å². The average molecular weight is 247 g/mol. The van der Waals surface area contributed by atoms with Crippen molar-refractivity contribution < 1.29 is 9.53 Å². The Morgan fingerprint density at radius 3 is 3.06 bits per heavy atom. The molecule has 1 atom stereocenters. The van der Waals surface area contributed by atoms with Gasteiger partial charge in [-0.15, -0.1) is 0 Å². The molecule has 0 radical (unpaired) electrons. The normalized spacial score (nSPS) is 18.0. The average Bonchev–Trinajstić information content (AvgIpc) is 2.38. The molecule has 3 nitrogen and oxygen atoms in total. The van der Waals surface area contributed by atoms with Gasteiger partial charge in [-0.1, -0.05) is 19.1 Å². The van der Waals surface area contributed by atoms with E-state index < -0.39 is 0 Å². The minimum atomic E-state index is 0.167. The van der Waals surface area contributed by atoms with Gasteiger partial charge in [0.25, 0.3) is 0 Å². The molecule has 0 aliphatic heterocycles. The molecule has 0 unspecified atom stereocenters. The van der Waals surface area contributed by atoms with Crippen molar-refractivity contribution in [3.05, 3.63) is 29.3 Å². The molecule has 0 saturated heterocycles. The van der Waals surface area contributed by atoms with Crippen molar-refractivity contribution in [1.82, 2.24) is 5.32 Å². The number of hydrogen-bond donors (Lipinski definition) is 1. The number of hydrogen-bond acceptors (Lipinski definition) is 2. The summed E-state index contributed by atoms with van der Waals surface area (Å²) in [6, 6.07) is 6.44. The van der Waals surface area contributed by atoms with Crippen LogP contribution in [0.2, 0.25) is 0 Å². The number of nitrogens with one attached hydrogen (secondary N) is 1. The summed E-state index contributed by atoms with van der Waals surface area (Å²) in [6.07, 6.45) is 4.45. The lowest BCUT2D eigenvalue weighted by molar-refractivity contribution is -0.121. The van der Waals surface area contributed by atoms with Crippen LogP contribution in [0.3, 0.4) is 0 Å². The predicted octanol–water partition coefficient (Wildman–Crippen LogP) is 2.47. The van der Waals surface area contributed by atoms with Crippen LogP contribution in [-0.2, 0) is 17.6 Å². The minimum absolute atomic E-state index is 0.167. The van der Waals surface area contributed by atoms with E-state index in [4.69, 9.17) is 4.74 Å². The van der Waals surface area contributed by atoms with Crippen LogP contribution >= 0.6 is 0 Å². The minimum Gasteiger partial charge on any atom is -0.496 e. The molecule has 0 heterocycles. The Balaban J connectivity index is 2.07. The molecule has 1 N–H and O–H groups in total. The summed E-state index contributed by atoms with van der Waals surface area (Å²) in [4.78, 5) is 11.6. The molecule has 1 aliphatic rings. The van der Waals surface area contributed by atoms with Gasteiger partial charge in [0.05, 0.1) is 7.11 Å². The molecule has 0 spiro atoms. The number of amides is 1. The smallest absolute Gasteiger partial charge is 0.220 e. The second-order valence-electron chi connectivity index (χ2n) is 4.86. The van der Waals surface area contributed by atoms with Gasteiger partial charge in [0.2, 0.25) is 5.91 Å². The molecule has 1 aromatic rings. The summed E-state index contributed by atoms with van der Waals surface area (Å²) in [5, 5.41) is 3.12. The second-order valence-corrected chi connectivity index (χ2v) is 4.86. The molecular formula is C15H21NO2. The molecule has 3 heteroatoms. The van der Waals surface area contributed by atoms with Crippen molar-refractivity contribution in [2.45, 2.75) is 45.1 Å². The van der Waals surface area contributed by atoms with Crippen molar-refractivity contribution >= 4 is 5.91 Å². The second kappa shape index (κ2) is 5.89. The lowest BCUT2D eigenvalue weighted by Crippen LogP contribution is -2.38. The lowest BCUT2D eigenvalue weighted by Gasteiger charge is -2.26. The summed E-state index contributed by atoms with van der Waals surface area (Å²) in [5.74, 6) is 1.11. The number of fused-ring (bicyclic) bond motifs is 1. The van der Waals surface area contributed by atoms with E-state index in [0.29, 0.717) is 6.42 Å². The maximum Gasteiger partial charge on any atom is 0.220 e. The lowest BCUT2D eigenvalue weighted by atomic mass is 9.87. The first-order chi connectivity index (χ1) is 8.74. The van der Waals surface area contributed by atoms with Gasteiger partial charge < -0.3 is 10.1 Å². The predicted molar refractivity (Wildman–Crippen MR) is 71.9 cm³/mol. The fraction of sp³-hybridized carbons (Fsp3) is 0.533. The van der Waals surface area contributed by atoms with Crippen molar-refractivity contribution in [3.63, 3.8) is 0 Å². The number of carbonyl (C=O) groups excluding carboxylic acids is 1. The molecule has 1 amide bonds. The van der Waals surface area contributed by atoms with Crippen LogP contribution in [0.1, 0.15) is 37.3 Å². The van der Waals surface area contributed by atoms with Crippen molar-refractivity contribution in [1.29, 1.82) is 0 Å². The summed E-state index contributed by atoms with van der Waals surface area (Å²) >= 11 is 0. The van der Waals surface area contributed by atoms with Gasteiger partial charge >= 0.3 is 0 Å². The number of ether oxygens (including phenoxy) is 1. The Kier molecular flexibility index (Phi) is 4.24. The van der Waals surface area contributed by atoms with Gasteiger partial charge in [-0.3, -0.25) is 4.79 Å². The zero-order valence-corrected chi connectivity index (χ0v) is 11.2. The van der Waals surface area contributed by atoms with Crippen LogP contribution in [0, 0.1) is 0 Å². The molecular weight excluding hydrogens is 226 g/mol. The Bertz CT molecular complexity index is 414. The van der Waals surface area contributed by atoms with Gasteiger partial charge in [0, 0.05) is 12.5 Å². The third-order valence-corrected chi connectivity index (χ3v) is 3.50. The van der Waals surface area contributed by atoms with Gasteiger partial charge in [-0.25, -0.2) is 0 Å². The SMILES string of the molecule is CCCC(=O)N[C@@H]1CCc2cccc(OC)c2C1. The first kappa shape index (κ1) is 12.9. The fourth-order valence-corrected chi connectivity index (χ4v) is 2.60. The van der Waals surface area contributed by atoms with Crippen LogP contribution in [0.5, 0.6) is 5.75 Å².